The van der Waals surface area contributed by atoms with Crippen molar-refractivity contribution in [2.75, 3.05) is 85.1 Å². The molecule has 0 atom stereocenters. The Morgan fingerprint density at radius 2 is 0.697 bits per heavy atom. The van der Waals surface area contributed by atoms with Gasteiger partial charge in [-0.25, -0.2) is 32.2 Å². The first-order valence-corrected chi connectivity index (χ1v) is 47.9. The van der Waals surface area contributed by atoms with Crippen LogP contribution in [0.5, 0.6) is 0 Å². The molecule has 0 spiro atoms. The van der Waals surface area contributed by atoms with E-state index in [1.807, 2.05) is 19.1 Å². The number of carbonyl (C=O) groups excluding carboxylic acids is 8. The molecule has 0 bridgehead atoms. The summed E-state index contributed by atoms with van der Waals surface area (Å²) in [5, 5.41) is 29.7. The van der Waals surface area contributed by atoms with Crippen molar-refractivity contribution in [2.24, 2.45) is 0 Å². The molecule has 8 amide bonds. The molecule has 44 heteroatoms. The highest BCUT2D eigenvalue weighted by Gasteiger charge is 2.45. The molecule has 766 valence electrons. The largest absolute Gasteiger partial charge is 0.419 e. The van der Waals surface area contributed by atoms with Crippen LogP contribution in [-0.4, -0.2) is 231 Å². The number of rotatable bonds is 10. The van der Waals surface area contributed by atoms with Gasteiger partial charge in [0, 0.05) is 129 Å². The first kappa shape index (κ1) is 104. The van der Waals surface area contributed by atoms with Crippen LogP contribution in [0.1, 0.15) is 257 Å². The van der Waals surface area contributed by atoms with Gasteiger partial charge in [-0.05, 0) is 215 Å². The number of benzene rings is 5. The van der Waals surface area contributed by atoms with Gasteiger partial charge in [-0.15, -0.1) is 0 Å². The fourth-order valence-corrected chi connectivity index (χ4v) is 20.7. The second-order valence-corrected chi connectivity index (χ2v) is 37.5. The van der Waals surface area contributed by atoms with E-state index in [9.17, 15) is 104 Å². The average molecular weight is 2040 g/mol. The van der Waals surface area contributed by atoms with E-state index in [1.54, 1.807) is 118 Å². The van der Waals surface area contributed by atoms with Crippen LogP contribution < -0.4 is 0 Å². The summed E-state index contributed by atoms with van der Waals surface area (Å²) in [5.74, 6) is -4.77. The van der Waals surface area contributed by atoms with Crippen LogP contribution in [0.2, 0.25) is 5.02 Å². The van der Waals surface area contributed by atoms with Gasteiger partial charge >= 0.3 is 24.7 Å². The highest BCUT2D eigenvalue weighted by molar-refractivity contribution is 6.31. The van der Waals surface area contributed by atoms with E-state index in [0.29, 0.717) is 200 Å². The van der Waals surface area contributed by atoms with Crippen molar-refractivity contribution >= 4 is 70.2 Å². The minimum absolute atomic E-state index is 0.0196. The molecule has 145 heavy (non-hydrogen) atoms. The summed E-state index contributed by atoms with van der Waals surface area (Å²) in [6.07, 6.45) is -6.97. The normalized spacial score (nSPS) is 17.0. The number of carbonyl (C=O) groups is 8. The molecule has 28 nitrogen and oxygen atoms in total. The Labute approximate surface area is 826 Å². The van der Waals surface area contributed by atoms with Crippen LogP contribution >= 0.6 is 11.6 Å². The Morgan fingerprint density at radius 1 is 0.352 bits per heavy atom. The number of hydrogen-bond donors (Lipinski definition) is 3. The van der Waals surface area contributed by atoms with E-state index in [0.717, 1.165) is 94.3 Å². The summed E-state index contributed by atoms with van der Waals surface area (Å²) in [6.45, 7) is 13.0. The van der Waals surface area contributed by atoms with E-state index in [-0.39, 0.29) is 107 Å². The van der Waals surface area contributed by atoms with Gasteiger partial charge in [0.25, 0.3) is 29.5 Å². The molecule has 0 saturated carbocycles. The Balaban J connectivity index is 0.000000130. The zero-order chi connectivity index (χ0) is 103. The number of aryl methyl sites for hydroxylation is 1. The van der Waals surface area contributed by atoms with Crippen LogP contribution in [0, 0.1) is 24.4 Å². The molecule has 0 unspecified atom stereocenters. The molecular weight excluding hydrogens is 1940 g/mol. The SMILES string of the molecule is CC(=O)N1CCc2c(C(=O)N3CCC(c4cc(F)ccc4C(F)(F)F)CC3)n[nH]c2C1.CC(=O)N1CCc2c(C(=O)N3CCC(c4cccc(F)c4C(F)(F)F)CC3)n[nH]c2C1.CC(=O)N1CCc2c(C(=O)N3CCC(c4cccc(F)c4Cl)CC3)n[nH]c2C1.Cc1ccc2nc(C(=O)N3CCC(c4ccccc4C(F)(F)F)CC3)cn2n1.O=C(c1cn2ncccc2n1)N1CCC(c2ccccc2C(F)(F)F)CC1. The Kier molecular flexibility index (Phi) is 31.1. The van der Waals surface area contributed by atoms with Gasteiger partial charge in [0.2, 0.25) is 17.7 Å². The monoisotopic (exact) mass is 2040 g/mol. The van der Waals surface area contributed by atoms with E-state index in [1.165, 1.54) is 48.7 Å². The predicted molar refractivity (Wildman–Crippen MR) is 497 cm³/mol. The number of alkyl halides is 12. The number of nitrogens with one attached hydrogen (secondary N) is 3. The number of aromatic nitrogens is 12. The van der Waals surface area contributed by atoms with Gasteiger partial charge in [0.05, 0.1) is 82.1 Å². The minimum atomic E-state index is -4.77. The minimum Gasteiger partial charge on any atom is -0.337 e. The highest BCUT2D eigenvalue weighted by atomic mass is 35.5. The maximum atomic E-state index is 13.9. The molecule has 3 N–H and O–H groups in total. The van der Waals surface area contributed by atoms with Crippen molar-refractivity contribution in [1.29, 1.82) is 0 Å². The maximum absolute atomic E-state index is 13.9. The number of piperidine rings is 5. The number of halogens is 16. The fourth-order valence-electron chi connectivity index (χ4n) is 20.4. The summed E-state index contributed by atoms with van der Waals surface area (Å²) < 4.78 is 204. The van der Waals surface area contributed by atoms with E-state index < -0.39 is 76.2 Å². The second-order valence-electron chi connectivity index (χ2n) is 37.1. The van der Waals surface area contributed by atoms with Crippen LogP contribution in [-0.2, 0) is 78.0 Å². The first-order chi connectivity index (χ1) is 69.0. The smallest absolute Gasteiger partial charge is 0.337 e. The Hall–Kier alpha value is -14.0. The number of fused-ring (bicyclic) bond motifs is 5. The number of amides is 8. The molecule has 0 aliphatic carbocycles. The number of hydrogen-bond acceptors (Lipinski definition) is 15. The van der Waals surface area contributed by atoms with Gasteiger partial charge < -0.3 is 39.2 Å². The number of imidazole rings is 2. The van der Waals surface area contributed by atoms with Crippen molar-refractivity contribution in [3.8, 4) is 0 Å². The maximum Gasteiger partial charge on any atom is 0.419 e. The molecule has 12 aromatic rings. The first-order valence-electron chi connectivity index (χ1n) is 47.6. The van der Waals surface area contributed by atoms with Crippen molar-refractivity contribution in [2.45, 2.75) is 185 Å². The molecule has 5 saturated heterocycles. The standard InChI is InChI=1S/2C21H22F4N4O2.C20H22ClFN4O2.C20H19F3N4O.C19H17F3N4O/c1-12(30)29-9-6-15-18(11-29)26-27-19(15)20(31)28-7-4-13(5-8-28)16-10-14(22)2-3-17(16)21(23,24)25;1-12(30)29-10-7-15-17(11-29)26-27-19(15)20(31)28-8-5-13(6-9-28)14-3-2-4-16(22)18(14)21(23,24)25;1-12(27)26-10-7-15-17(11-26)23-24-19(15)20(28)25-8-5-13(6-9-25)14-3-2-4-16(22)18(14)21;1-13-6-7-18-24-17(12-27(18)25-13)19(28)26-10-8-14(9-11-26)15-4-2-3-5-16(15)20(21,22)23;20-19(21,22)15-5-2-1-4-14(15)13-7-10-25(11-8-13)18(27)16-12-26-17(24-16)6-3-9-23-26/h2-3,10,13H,4-9,11H2,1H3,(H,26,27);2-4,13H,5-11H2,1H3,(H,26,27);2-4,13H,5-11H2,1H3,(H,23,24);2-7,12,14H,8-11H2,1H3;1-6,9,12-13H,7-8,10-11H2. The number of nitrogens with zero attached hydrogens (tertiary/aromatic N) is 17. The third-order valence-corrected chi connectivity index (χ3v) is 28.5. The summed E-state index contributed by atoms with van der Waals surface area (Å²) in [6, 6.07) is 29.4. The van der Waals surface area contributed by atoms with Gasteiger partial charge in [-0.2, -0.15) is 78.2 Å². The third kappa shape index (κ3) is 23.5. The lowest BCUT2D eigenvalue weighted by molar-refractivity contribution is -0.141. The highest BCUT2D eigenvalue weighted by Crippen LogP contribution is 2.46. The quantitative estimate of drug-likeness (QED) is 0.107. The lowest BCUT2D eigenvalue weighted by Gasteiger charge is -2.33. The van der Waals surface area contributed by atoms with Crippen LogP contribution in [0.4, 0.5) is 65.9 Å². The second kappa shape index (κ2) is 43.5. The number of aromatic amines is 3. The zero-order valence-electron chi connectivity index (χ0n) is 79.2. The Bertz CT molecular complexity index is 6660. The van der Waals surface area contributed by atoms with Crippen LogP contribution in [0.15, 0.2) is 146 Å². The average Bonchev–Trinajstić information content (AvgIpc) is 1.75. The molecular formula is C101H102ClF15N20O8. The van der Waals surface area contributed by atoms with Gasteiger partial charge in [0.15, 0.2) is 28.4 Å². The number of H-pyrrole nitrogens is 3. The lowest BCUT2D eigenvalue weighted by atomic mass is 9.86. The van der Waals surface area contributed by atoms with Gasteiger partial charge in [-0.3, -0.25) is 53.7 Å². The van der Waals surface area contributed by atoms with Crippen molar-refractivity contribution < 1.29 is 104 Å². The number of likely N-dealkylation sites (tertiary alicyclic amines) is 5. The topological polar surface area (TPSA) is 309 Å². The summed E-state index contributed by atoms with van der Waals surface area (Å²) in [7, 11) is 0. The van der Waals surface area contributed by atoms with Crippen molar-refractivity contribution in [1.82, 2.24) is 99.0 Å². The van der Waals surface area contributed by atoms with E-state index >= 15 is 0 Å². The molecule has 8 aliphatic heterocycles. The zero-order valence-corrected chi connectivity index (χ0v) is 79.9. The van der Waals surface area contributed by atoms with Crippen LogP contribution in [0.3, 0.4) is 0 Å². The predicted octanol–water partition coefficient (Wildman–Crippen LogP) is 18.0. The van der Waals surface area contributed by atoms with Crippen LogP contribution in [0.25, 0.3) is 11.3 Å². The summed E-state index contributed by atoms with van der Waals surface area (Å²) in [4.78, 5) is 121. The molecule has 20 rings (SSSR count). The van der Waals surface area contributed by atoms with Gasteiger partial charge in [-0.1, -0.05) is 72.3 Å². The van der Waals surface area contributed by atoms with Gasteiger partial charge in [0.1, 0.15) is 28.8 Å². The Morgan fingerprint density at radius 3 is 1.09 bits per heavy atom. The molecule has 7 aromatic heterocycles. The molecule has 0 radical (unpaired) electrons. The van der Waals surface area contributed by atoms with Crippen molar-refractivity contribution in [3.05, 3.63) is 286 Å². The van der Waals surface area contributed by atoms with E-state index in [4.69, 9.17) is 11.6 Å². The molecule has 5 fully saturated rings. The molecule has 15 heterocycles. The molecule has 5 aromatic carbocycles. The van der Waals surface area contributed by atoms with Crippen molar-refractivity contribution in [3.63, 3.8) is 0 Å². The lowest BCUT2D eigenvalue weighted by Crippen LogP contribution is -2.39. The summed E-state index contributed by atoms with van der Waals surface area (Å²) >= 11 is 6.12. The third-order valence-electron chi connectivity index (χ3n) is 28.1. The fraction of sp³-hybridized carbons (Fsp3) is 0.416. The summed E-state index contributed by atoms with van der Waals surface area (Å²) in [5.41, 5.74) is 6.56. The van der Waals surface area contributed by atoms with E-state index in [2.05, 4.69) is 50.8 Å². The molecule has 8 aliphatic rings.